The van der Waals surface area contributed by atoms with Gasteiger partial charge < -0.3 is 15.2 Å². The van der Waals surface area contributed by atoms with Gasteiger partial charge in [-0.2, -0.15) is 0 Å². The van der Waals surface area contributed by atoms with Gasteiger partial charge in [0.05, 0.1) is 6.54 Å². The number of thiophene rings is 1. The molecular formula is C20H35IN6S. The first kappa shape index (κ1) is 24.9. The quantitative estimate of drug-likeness (QED) is 0.186. The summed E-state index contributed by atoms with van der Waals surface area (Å²) in [4.78, 5) is 6.05. The van der Waals surface area contributed by atoms with Crippen LogP contribution in [0, 0.1) is 0 Å². The van der Waals surface area contributed by atoms with E-state index >= 15 is 0 Å². The van der Waals surface area contributed by atoms with Crippen molar-refractivity contribution in [1.29, 1.82) is 0 Å². The van der Waals surface area contributed by atoms with Crippen molar-refractivity contribution in [2.45, 2.75) is 78.4 Å². The summed E-state index contributed by atoms with van der Waals surface area (Å²) >= 11 is 1.75. The van der Waals surface area contributed by atoms with Crippen LogP contribution in [0.1, 0.15) is 63.6 Å². The van der Waals surface area contributed by atoms with E-state index in [1.165, 1.54) is 37.0 Å². The van der Waals surface area contributed by atoms with Crippen molar-refractivity contribution in [1.82, 2.24) is 25.4 Å². The summed E-state index contributed by atoms with van der Waals surface area (Å²) in [5, 5.41) is 17.3. The average molecular weight is 519 g/mol. The number of halogens is 1. The minimum Gasteiger partial charge on any atom is -0.355 e. The molecule has 0 aliphatic heterocycles. The van der Waals surface area contributed by atoms with Crippen molar-refractivity contribution >= 4 is 41.3 Å². The Bertz CT molecular complexity index is 655. The monoisotopic (exact) mass is 518 g/mol. The Morgan fingerprint density at radius 3 is 2.86 bits per heavy atom. The lowest BCUT2D eigenvalue weighted by molar-refractivity contribution is 0.533. The lowest BCUT2D eigenvalue weighted by Crippen LogP contribution is -2.43. The molecule has 0 fully saturated rings. The van der Waals surface area contributed by atoms with Crippen molar-refractivity contribution in [3.63, 3.8) is 0 Å². The van der Waals surface area contributed by atoms with Crippen molar-refractivity contribution in [2.75, 3.05) is 6.54 Å². The van der Waals surface area contributed by atoms with Gasteiger partial charge in [0.15, 0.2) is 5.96 Å². The molecule has 0 bridgehead atoms. The molecule has 0 saturated heterocycles. The minimum atomic E-state index is 0. The van der Waals surface area contributed by atoms with E-state index in [2.05, 4.69) is 63.7 Å². The van der Waals surface area contributed by atoms with Crippen molar-refractivity contribution in [3.05, 3.63) is 34.5 Å². The zero-order chi connectivity index (χ0) is 19.3. The number of nitrogens with one attached hydrogen (secondary N) is 2. The Morgan fingerprint density at radius 2 is 2.14 bits per heavy atom. The number of aromatic nitrogens is 3. The lowest BCUT2D eigenvalue weighted by Gasteiger charge is -2.18. The van der Waals surface area contributed by atoms with E-state index in [1.807, 2.05) is 0 Å². The first-order valence-corrected chi connectivity index (χ1v) is 11.0. The van der Waals surface area contributed by atoms with E-state index in [0.29, 0.717) is 12.6 Å². The summed E-state index contributed by atoms with van der Waals surface area (Å²) in [6, 6.07) is 4.62. The number of rotatable bonds is 12. The molecule has 2 aromatic rings. The largest absolute Gasteiger partial charge is 0.355 e. The van der Waals surface area contributed by atoms with Crippen LogP contribution in [0.15, 0.2) is 28.8 Å². The smallest absolute Gasteiger partial charge is 0.191 e. The number of guanidine groups is 1. The molecule has 2 rings (SSSR count). The van der Waals surface area contributed by atoms with Crippen molar-refractivity contribution in [3.8, 4) is 0 Å². The Labute approximate surface area is 190 Å². The molecule has 2 N–H and O–H groups in total. The first-order chi connectivity index (χ1) is 13.2. The molecule has 2 aromatic heterocycles. The highest BCUT2D eigenvalue weighted by atomic mass is 127. The zero-order valence-corrected chi connectivity index (χ0v) is 20.5. The molecule has 0 spiro atoms. The number of hydrogen-bond donors (Lipinski definition) is 2. The summed E-state index contributed by atoms with van der Waals surface area (Å²) in [5.41, 5.74) is 0. The fraction of sp³-hybridized carbons (Fsp3) is 0.650. The summed E-state index contributed by atoms with van der Waals surface area (Å²) in [7, 11) is 0. The van der Waals surface area contributed by atoms with Gasteiger partial charge in [0, 0.05) is 30.4 Å². The Kier molecular flexibility index (Phi) is 13.1. The summed E-state index contributed by atoms with van der Waals surface area (Å²) in [6.07, 6.45) is 9.04. The number of aryl methyl sites for hydroxylation is 1. The Morgan fingerprint density at radius 1 is 1.29 bits per heavy atom. The molecule has 0 aromatic carbocycles. The summed E-state index contributed by atoms with van der Waals surface area (Å²) in [6.45, 7) is 8.93. The zero-order valence-electron chi connectivity index (χ0n) is 17.4. The van der Waals surface area contributed by atoms with Crippen LogP contribution in [-0.2, 0) is 19.5 Å². The van der Waals surface area contributed by atoms with Crippen molar-refractivity contribution < 1.29 is 0 Å². The van der Waals surface area contributed by atoms with Crippen LogP contribution in [0.25, 0.3) is 0 Å². The molecule has 0 radical (unpaired) electrons. The number of unbranched alkanes of at least 4 members (excludes halogenated alkanes) is 3. The average Bonchev–Trinajstić information content (AvgIpc) is 3.34. The number of aliphatic imine (C=N–C) groups is 1. The van der Waals surface area contributed by atoms with E-state index in [-0.39, 0.29) is 24.0 Å². The van der Waals surface area contributed by atoms with Gasteiger partial charge in [-0.1, -0.05) is 45.6 Å². The SMILES string of the molecule is CCCCCCC(C)NC(=NCc1cccs1)NCCn1cnnc1CC.I. The third-order valence-corrected chi connectivity index (χ3v) is 5.37. The second kappa shape index (κ2) is 14.8. The van der Waals surface area contributed by atoms with Crippen LogP contribution < -0.4 is 10.6 Å². The van der Waals surface area contributed by atoms with Crippen LogP contribution in [0.2, 0.25) is 0 Å². The summed E-state index contributed by atoms with van der Waals surface area (Å²) in [5.74, 6) is 1.91. The molecule has 1 atom stereocenters. The molecule has 0 aliphatic rings. The topological polar surface area (TPSA) is 67.1 Å². The molecule has 158 valence electrons. The van der Waals surface area contributed by atoms with Gasteiger partial charge in [0.1, 0.15) is 12.2 Å². The molecule has 0 aliphatic carbocycles. The highest BCUT2D eigenvalue weighted by Crippen LogP contribution is 2.09. The Hall–Kier alpha value is -1.16. The molecule has 6 nitrogen and oxygen atoms in total. The van der Waals surface area contributed by atoms with Crippen LogP contribution in [0.5, 0.6) is 0 Å². The van der Waals surface area contributed by atoms with E-state index in [4.69, 9.17) is 4.99 Å². The standard InChI is InChI=1S/C20H34N6S.HI/c1-4-6-7-8-10-17(3)24-20(22-15-18-11-9-14-27-18)21-12-13-26-16-23-25-19(26)5-2;/h9,11,14,16-17H,4-8,10,12-13,15H2,1-3H3,(H2,21,22,24);1H. The molecule has 2 heterocycles. The molecule has 0 saturated carbocycles. The normalized spacial score (nSPS) is 12.5. The third-order valence-electron chi connectivity index (χ3n) is 4.50. The number of nitrogens with zero attached hydrogens (tertiary/aromatic N) is 4. The van der Waals surface area contributed by atoms with Crippen molar-refractivity contribution in [2.24, 2.45) is 4.99 Å². The summed E-state index contributed by atoms with van der Waals surface area (Å²) < 4.78 is 2.10. The predicted octanol–water partition coefficient (Wildman–Crippen LogP) is 4.61. The minimum absolute atomic E-state index is 0. The molecule has 8 heteroatoms. The highest BCUT2D eigenvalue weighted by molar-refractivity contribution is 14.0. The third kappa shape index (κ3) is 9.36. The maximum absolute atomic E-state index is 4.78. The molecule has 0 amide bonds. The maximum atomic E-state index is 4.78. The van der Waals surface area contributed by atoms with Gasteiger partial charge in [-0.25, -0.2) is 4.99 Å². The van der Waals surface area contributed by atoms with E-state index < -0.39 is 0 Å². The molecule has 28 heavy (non-hydrogen) atoms. The van der Waals surface area contributed by atoms with Crippen LogP contribution in [-0.4, -0.2) is 33.3 Å². The van der Waals surface area contributed by atoms with Crippen LogP contribution in [0.3, 0.4) is 0 Å². The van der Waals surface area contributed by atoms with E-state index in [9.17, 15) is 0 Å². The fourth-order valence-corrected chi connectivity index (χ4v) is 3.56. The predicted molar refractivity (Wildman–Crippen MR) is 130 cm³/mol. The van der Waals surface area contributed by atoms with Gasteiger partial charge in [-0.15, -0.1) is 45.5 Å². The van der Waals surface area contributed by atoms with Gasteiger partial charge >= 0.3 is 0 Å². The molecule has 1 unspecified atom stereocenters. The second-order valence-corrected chi connectivity index (χ2v) is 7.89. The molecular weight excluding hydrogens is 483 g/mol. The van der Waals surface area contributed by atoms with Gasteiger partial charge in [0.25, 0.3) is 0 Å². The van der Waals surface area contributed by atoms with Gasteiger partial charge in [0.2, 0.25) is 0 Å². The first-order valence-electron chi connectivity index (χ1n) is 10.2. The Balaban J connectivity index is 0.00000392. The fourth-order valence-electron chi connectivity index (χ4n) is 2.93. The van der Waals surface area contributed by atoms with E-state index in [0.717, 1.165) is 31.3 Å². The van der Waals surface area contributed by atoms with E-state index in [1.54, 1.807) is 17.7 Å². The second-order valence-electron chi connectivity index (χ2n) is 6.86. The lowest BCUT2D eigenvalue weighted by atomic mass is 10.1. The van der Waals surface area contributed by atoms with Crippen LogP contribution >= 0.6 is 35.3 Å². The number of hydrogen-bond acceptors (Lipinski definition) is 4. The highest BCUT2D eigenvalue weighted by Gasteiger charge is 2.07. The van der Waals surface area contributed by atoms with Gasteiger partial charge in [-0.05, 0) is 24.8 Å². The van der Waals surface area contributed by atoms with Gasteiger partial charge in [-0.3, -0.25) is 0 Å². The maximum Gasteiger partial charge on any atom is 0.191 e. The van der Waals surface area contributed by atoms with Crippen LogP contribution in [0.4, 0.5) is 0 Å².